The van der Waals surface area contributed by atoms with Crippen LogP contribution in [0.1, 0.15) is 51.4 Å². The van der Waals surface area contributed by atoms with Crippen molar-refractivity contribution in [2.75, 3.05) is 6.54 Å². The minimum Gasteiger partial charge on any atom is -0.481 e. The Morgan fingerprint density at radius 2 is 1.72 bits per heavy atom. The van der Waals surface area contributed by atoms with Crippen molar-refractivity contribution < 1.29 is 15.0 Å². The average Bonchev–Trinajstić information content (AvgIpc) is 2.38. The molecule has 0 aromatic rings. The zero-order valence-electron chi connectivity index (χ0n) is 11.0. The molecule has 0 aliphatic heterocycles. The summed E-state index contributed by atoms with van der Waals surface area (Å²) in [5.41, 5.74) is 0. The van der Waals surface area contributed by atoms with Crippen LogP contribution in [-0.4, -0.2) is 34.9 Å². The number of carboxylic acids is 1. The topological polar surface area (TPSA) is 69.6 Å². The molecular weight excluding hydrogens is 230 g/mol. The molecular formula is C14H25NO3. The molecule has 3 N–H and O–H groups in total. The van der Waals surface area contributed by atoms with Crippen molar-refractivity contribution in [2.45, 2.75) is 63.5 Å². The molecule has 2 saturated carbocycles. The normalized spacial score (nSPS) is 37.4. The minimum absolute atomic E-state index is 0.124. The van der Waals surface area contributed by atoms with Gasteiger partial charge in [-0.3, -0.25) is 4.79 Å². The first-order valence-corrected chi connectivity index (χ1v) is 7.31. The van der Waals surface area contributed by atoms with E-state index < -0.39 is 5.97 Å². The molecule has 0 bridgehead atoms. The molecule has 2 aliphatic rings. The molecule has 0 spiro atoms. The van der Waals surface area contributed by atoms with Gasteiger partial charge in [-0.05, 0) is 51.0 Å². The van der Waals surface area contributed by atoms with E-state index in [1.54, 1.807) is 0 Å². The molecule has 0 aromatic heterocycles. The predicted molar refractivity (Wildman–Crippen MR) is 69.3 cm³/mol. The summed E-state index contributed by atoms with van der Waals surface area (Å²) in [6.45, 7) is 0.939. The van der Waals surface area contributed by atoms with E-state index in [-0.39, 0.29) is 18.1 Å². The maximum Gasteiger partial charge on any atom is 0.306 e. The molecule has 2 rings (SSSR count). The maximum atomic E-state index is 10.9. The van der Waals surface area contributed by atoms with Gasteiger partial charge in [0.15, 0.2) is 0 Å². The summed E-state index contributed by atoms with van der Waals surface area (Å²) in [7, 11) is 0. The maximum absolute atomic E-state index is 10.9. The fourth-order valence-corrected chi connectivity index (χ4v) is 3.28. The van der Waals surface area contributed by atoms with E-state index >= 15 is 0 Å². The lowest BCUT2D eigenvalue weighted by Crippen LogP contribution is -2.44. The Kier molecular flexibility index (Phi) is 5.01. The van der Waals surface area contributed by atoms with Gasteiger partial charge in [0.2, 0.25) is 0 Å². The van der Waals surface area contributed by atoms with Gasteiger partial charge in [0, 0.05) is 6.04 Å². The largest absolute Gasteiger partial charge is 0.481 e. The molecule has 0 aromatic carbocycles. The number of aliphatic hydroxyl groups excluding tert-OH is 1. The van der Waals surface area contributed by atoms with Crippen LogP contribution in [0.5, 0.6) is 0 Å². The lowest BCUT2D eigenvalue weighted by atomic mass is 9.81. The third-order valence-electron chi connectivity index (χ3n) is 4.59. The van der Waals surface area contributed by atoms with Gasteiger partial charge in [-0.1, -0.05) is 12.8 Å². The van der Waals surface area contributed by atoms with Gasteiger partial charge in [0.25, 0.3) is 0 Å². The number of carbonyl (C=O) groups is 1. The molecule has 104 valence electrons. The minimum atomic E-state index is -0.635. The van der Waals surface area contributed by atoms with Gasteiger partial charge in [0.1, 0.15) is 0 Å². The lowest BCUT2D eigenvalue weighted by Gasteiger charge is -2.32. The van der Waals surface area contributed by atoms with Crippen molar-refractivity contribution in [3.05, 3.63) is 0 Å². The summed E-state index contributed by atoms with van der Waals surface area (Å²) in [5.74, 6) is -0.166. The molecule has 0 saturated heterocycles. The Morgan fingerprint density at radius 1 is 1.06 bits per heavy atom. The summed E-state index contributed by atoms with van der Waals surface area (Å²) in [5, 5.41) is 22.3. The number of carboxylic acid groups (broad SMARTS) is 1. The number of nitrogens with one attached hydrogen (secondary N) is 1. The Bertz CT molecular complexity index is 274. The number of hydrogen-bond acceptors (Lipinski definition) is 3. The number of rotatable bonds is 4. The highest BCUT2D eigenvalue weighted by atomic mass is 16.4. The van der Waals surface area contributed by atoms with Crippen LogP contribution in [0, 0.1) is 11.8 Å². The van der Waals surface area contributed by atoms with Crippen LogP contribution in [0.2, 0.25) is 0 Å². The fraction of sp³-hybridized carbons (Fsp3) is 0.929. The van der Waals surface area contributed by atoms with E-state index in [2.05, 4.69) is 5.32 Å². The van der Waals surface area contributed by atoms with Crippen LogP contribution in [0.15, 0.2) is 0 Å². The number of hydrogen-bond donors (Lipinski definition) is 3. The summed E-state index contributed by atoms with van der Waals surface area (Å²) in [6.07, 6.45) is 7.80. The second kappa shape index (κ2) is 6.53. The molecule has 4 heteroatoms. The molecule has 2 atom stereocenters. The third-order valence-corrected chi connectivity index (χ3v) is 4.59. The first-order valence-electron chi connectivity index (χ1n) is 7.31. The van der Waals surface area contributed by atoms with E-state index in [1.807, 2.05) is 0 Å². The second-order valence-electron chi connectivity index (χ2n) is 5.92. The highest BCUT2D eigenvalue weighted by Gasteiger charge is 2.27. The second-order valence-corrected chi connectivity index (χ2v) is 5.92. The van der Waals surface area contributed by atoms with Gasteiger partial charge in [-0.15, -0.1) is 0 Å². The summed E-state index contributed by atoms with van der Waals surface area (Å²) < 4.78 is 0. The van der Waals surface area contributed by atoms with Crippen LogP contribution in [0.3, 0.4) is 0 Å². The first kappa shape index (κ1) is 13.8. The quantitative estimate of drug-likeness (QED) is 0.716. The first-order chi connectivity index (χ1) is 8.66. The van der Waals surface area contributed by atoms with Gasteiger partial charge in [-0.25, -0.2) is 0 Å². The number of aliphatic carboxylic acids is 1. The van der Waals surface area contributed by atoms with Crippen LogP contribution in [-0.2, 0) is 4.79 Å². The average molecular weight is 255 g/mol. The van der Waals surface area contributed by atoms with E-state index in [9.17, 15) is 9.90 Å². The highest BCUT2D eigenvalue weighted by Crippen LogP contribution is 2.29. The van der Waals surface area contributed by atoms with Crippen molar-refractivity contribution in [1.82, 2.24) is 5.32 Å². The summed E-state index contributed by atoms with van der Waals surface area (Å²) in [6, 6.07) is 0.260. The van der Waals surface area contributed by atoms with Crippen molar-refractivity contribution in [3.8, 4) is 0 Å². The van der Waals surface area contributed by atoms with Crippen LogP contribution >= 0.6 is 0 Å². The molecule has 0 radical (unpaired) electrons. The van der Waals surface area contributed by atoms with Crippen molar-refractivity contribution in [3.63, 3.8) is 0 Å². The summed E-state index contributed by atoms with van der Waals surface area (Å²) in [4.78, 5) is 10.9. The van der Waals surface area contributed by atoms with E-state index in [1.165, 1.54) is 6.42 Å². The van der Waals surface area contributed by atoms with Gasteiger partial charge in [-0.2, -0.15) is 0 Å². The molecule has 0 heterocycles. The molecule has 0 amide bonds. The van der Waals surface area contributed by atoms with E-state index in [0.717, 1.165) is 51.5 Å². The fourth-order valence-electron chi connectivity index (χ4n) is 3.28. The Balaban J connectivity index is 1.67. The smallest absolute Gasteiger partial charge is 0.306 e. The Hall–Kier alpha value is -0.610. The Morgan fingerprint density at radius 3 is 2.33 bits per heavy atom. The van der Waals surface area contributed by atoms with Crippen molar-refractivity contribution >= 4 is 5.97 Å². The molecule has 4 nitrogen and oxygen atoms in total. The predicted octanol–water partition coefficient (Wildman–Crippen LogP) is 1.77. The highest BCUT2D eigenvalue weighted by molar-refractivity contribution is 5.69. The van der Waals surface area contributed by atoms with Crippen LogP contribution in [0.25, 0.3) is 0 Å². The van der Waals surface area contributed by atoms with Gasteiger partial charge < -0.3 is 15.5 Å². The molecule has 2 unspecified atom stereocenters. The third kappa shape index (κ3) is 3.69. The van der Waals surface area contributed by atoms with Crippen molar-refractivity contribution in [1.29, 1.82) is 0 Å². The summed E-state index contributed by atoms with van der Waals surface area (Å²) >= 11 is 0. The molecule has 2 aliphatic carbocycles. The number of aliphatic hydroxyl groups is 1. The van der Waals surface area contributed by atoms with E-state index in [0.29, 0.717) is 5.92 Å². The van der Waals surface area contributed by atoms with Gasteiger partial charge in [0.05, 0.1) is 12.0 Å². The van der Waals surface area contributed by atoms with E-state index in [4.69, 9.17) is 5.11 Å². The zero-order valence-corrected chi connectivity index (χ0v) is 11.0. The standard InChI is InChI=1S/C14H25NO3/c16-13-4-2-1-3-12(13)15-9-10-5-7-11(8-6-10)14(17)18/h10-13,15-16H,1-9H2,(H,17,18). The molecule has 18 heavy (non-hydrogen) atoms. The van der Waals surface area contributed by atoms with Crippen molar-refractivity contribution in [2.24, 2.45) is 11.8 Å². The van der Waals surface area contributed by atoms with Crippen LogP contribution in [0.4, 0.5) is 0 Å². The van der Waals surface area contributed by atoms with Gasteiger partial charge >= 0.3 is 5.97 Å². The lowest BCUT2D eigenvalue weighted by molar-refractivity contribution is -0.143. The zero-order chi connectivity index (χ0) is 13.0. The van der Waals surface area contributed by atoms with Crippen LogP contribution < -0.4 is 5.32 Å². The SMILES string of the molecule is O=C(O)C1CCC(CNC2CCCCC2O)CC1. The monoisotopic (exact) mass is 255 g/mol. The Labute approximate surface area is 109 Å². The molecule has 2 fully saturated rings.